The Hall–Kier alpha value is -0.770. The number of aliphatic hydroxyl groups excluding tert-OH is 5. The molecule has 8 heteroatoms. The molecule has 0 saturated carbocycles. The topological polar surface area (TPSA) is 131 Å². The molecule has 0 radical (unpaired) electrons. The first-order valence-electron chi connectivity index (χ1n) is 15.6. The molecule has 0 aromatic heterocycles. The Morgan fingerprint density at radius 3 is 1.66 bits per heavy atom. The van der Waals surface area contributed by atoms with Crippen LogP contribution in [0.3, 0.4) is 0 Å². The second-order valence-electron chi connectivity index (χ2n) is 11.3. The van der Waals surface area contributed by atoms with E-state index in [1.165, 1.54) is 77.0 Å². The highest BCUT2D eigenvalue weighted by atomic mass is 16.5. The number of hydrogen-bond acceptors (Lipinski definition) is 7. The molecule has 1 heterocycles. The average Bonchev–Trinajstić information content (AvgIpc) is 2.92. The lowest BCUT2D eigenvalue weighted by atomic mass is 9.87. The molecule has 0 aromatic carbocycles. The molecule has 1 saturated heterocycles. The van der Waals surface area contributed by atoms with Gasteiger partial charge in [0.2, 0.25) is 5.91 Å². The van der Waals surface area contributed by atoms with Crippen LogP contribution in [0.5, 0.6) is 0 Å². The quantitative estimate of drug-likeness (QED) is 0.123. The molecule has 1 unspecified atom stereocenters. The van der Waals surface area contributed by atoms with Crippen LogP contribution in [-0.2, 0) is 9.53 Å². The van der Waals surface area contributed by atoms with Crippen molar-refractivity contribution < 1.29 is 35.1 Å². The van der Waals surface area contributed by atoms with Crippen LogP contribution in [0.25, 0.3) is 0 Å². The number of nitrogens with zero attached hydrogens (tertiary/aromatic N) is 1. The number of carbonyl (C=O) groups is 1. The predicted octanol–water partition coefficient (Wildman–Crippen LogP) is 3.94. The van der Waals surface area contributed by atoms with Crippen molar-refractivity contribution in [3.05, 3.63) is 0 Å². The Balaban J connectivity index is 2.34. The highest BCUT2D eigenvalue weighted by Gasteiger charge is 2.46. The van der Waals surface area contributed by atoms with Crippen molar-refractivity contribution in [3.8, 4) is 0 Å². The Morgan fingerprint density at radius 2 is 1.21 bits per heavy atom. The van der Waals surface area contributed by atoms with E-state index in [9.17, 15) is 30.3 Å². The minimum absolute atomic E-state index is 0.000837. The largest absolute Gasteiger partial charge is 0.396 e. The molecule has 0 bridgehead atoms. The van der Waals surface area contributed by atoms with Crippen LogP contribution in [-0.4, -0.2) is 93.2 Å². The number of carbonyl (C=O) groups excluding carboxylic acids is 1. The molecule has 0 aromatic rings. The van der Waals surface area contributed by atoms with Crippen LogP contribution in [0.2, 0.25) is 0 Å². The number of unbranched alkanes of at least 4 members (excludes halogenated alkanes) is 14. The van der Waals surface area contributed by atoms with Crippen molar-refractivity contribution in [2.75, 3.05) is 26.3 Å². The summed E-state index contributed by atoms with van der Waals surface area (Å²) in [4.78, 5) is 14.5. The molecule has 6 atom stereocenters. The SMILES string of the molecule is CCCCCCCCCCCCCCCCCN(CC(CO)[C@@H]1O[C@H](CO)[C@@H](O)[C@H](O)[C@H]1O)C(=O)CCC. The maximum Gasteiger partial charge on any atom is 0.222 e. The van der Waals surface area contributed by atoms with Gasteiger partial charge in [-0.15, -0.1) is 0 Å². The summed E-state index contributed by atoms with van der Waals surface area (Å²) in [6.45, 7) is 4.11. The van der Waals surface area contributed by atoms with Crippen molar-refractivity contribution in [3.63, 3.8) is 0 Å². The zero-order chi connectivity index (χ0) is 28.2. The number of hydrogen-bond donors (Lipinski definition) is 5. The van der Waals surface area contributed by atoms with Crippen LogP contribution in [0.1, 0.15) is 123 Å². The van der Waals surface area contributed by atoms with Crippen LogP contribution in [0.15, 0.2) is 0 Å². The second-order valence-corrected chi connectivity index (χ2v) is 11.3. The van der Waals surface area contributed by atoms with Gasteiger partial charge in [-0.25, -0.2) is 0 Å². The summed E-state index contributed by atoms with van der Waals surface area (Å²) in [5.41, 5.74) is 0. The molecule has 0 aliphatic carbocycles. The summed E-state index contributed by atoms with van der Waals surface area (Å²) in [7, 11) is 0. The molecular weight excluding hydrogens is 486 g/mol. The first-order valence-corrected chi connectivity index (χ1v) is 15.6. The zero-order valence-electron chi connectivity index (χ0n) is 24.3. The highest BCUT2D eigenvalue weighted by Crippen LogP contribution is 2.27. The molecular formula is C30H59NO7. The van der Waals surface area contributed by atoms with Crippen molar-refractivity contribution >= 4 is 5.91 Å². The predicted molar refractivity (Wildman–Crippen MR) is 151 cm³/mol. The Morgan fingerprint density at radius 1 is 0.711 bits per heavy atom. The third kappa shape index (κ3) is 13.5. The smallest absolute Gasteiger partial charge is 0.222 e. The van der Waals surface area contributed by atoms with Gasteiger partial charge in [0.05, 0.1) is 19.3 Å². The zero-order valence-corrected chi connectivity index (χ0v) is 24.3. The number of amides is 1. The van der Waals surface area contributed by atoms with E-state index in [0.29, 0.717) is 13.0 Å². The molecule has 1 rings (SSSR count). The van der Waals surface area contributed by atoms with Crippen molar-refractivity contribution in [2.45, 2.75) is 154 Å². The molecule has 38 heavy (non-hydrogen) atoms. The number of aliphatic hydroxyl groups is 5. The van der Waals surface area contributed by atoms with Crippen LogP contribution in [0, 0.1) is 5.92 Å². The fourth-order valence-electron chi connectivity index (χ4n) is 5.43. The van der Waals surface area contributed by atoms with Gasteiger partial charge in [0.1, 0.15) is 24.4 Å². The molecule has 5 N–H and O–H groups in total. The maximum absolute atomic E-state index is 12.8. The van der Waals surface area contributed by atoms with E-state index < -0.39 is 43.0 Å². The number of rotatable bonds is 23. The average molecular weight is 546 g/mol. The van der Waals surface area contributed by atoms with Gasteiger partial charge in [-0.1, -0.05) is 104 Å². The lowest BCUT2D eigenvalue weighted by Crippen LogP contribution is -2.61. The van der Waals surface area contributed by atoms with Gasteiger partial charge in [0, 0.05) is 25.4 Å². The lowest BCUT2D eigenvalue weighted by Gasteiger charge is -2.43. The molecule has 0 spiro atoms. The summed E-state index contributed by atoms with van der Waals surface area (Å²) < 4.78 is 5.65. The van der Waals surface area contributed by atoms with Gasteiger partial charge in [-0.3, -0.25) is 4.79 Å². The molecule has 1 fully saturated rings. The molecule has 8 nitrogen and oxygen atoms in total. The van der Waals surface area contributed by atoms with Gasteiger partial charge in [0.25, 0.3) is 0 Å². The molecule has 1 amide bonds. The van der Waals surface area contributed by atoms with Crippen molar-refractivity contribution in [1.82, 2.24) is 4.90 Å². The summed E-state index contributed by atoms with van der Waals surface area (Å²) in [6.07, 6.45) is 13.9. The maximum atomic E-state index is 12.8. The minimum Gasteiger partial charge on any atom is -0.396 e. The van der Waals surface area contributed by atoms with Crippen molar-refractivity contribution in [1.29, 1.82) is 0 Å². The molecule has 1 aliphatic rings. The van der Waals surface area contributed by atoms with Crippen LogP contribution >= 0.6 is 0 Å². The summed E-state index contributed by atoms with van der Waals surface area (Å²) in [5, 5.41) is 50.2. The fraction of sp³-hybridized carbons (Fsp3) is 0.967. The van der Waals surface area contributed by atoms with Crippen LogP contribution in [0.4, 0.5) is 0 Å². The summed E-state index contributed by atoms with van der Waals surface area (Å²) in [5.74, 6) is -0.640. The normalized spacial score (nSPS) is 24.4. The van der Waals surface area contributed by atoms with Gasteiger partial charge in [0.15, 0.2) is 0 Å². The Bertz CT molecular complexity index is 577. The summed E-state index contributed by atoms with van der Waals surface area (Å²) in [6, 6.07) is 0. The highest BCUT2D eigenvalue weighted by molar-refractivity contribution is 5.76. The number of ether oxygens (including phenoxy) is 1. The first-order chi connectivity index (χ1) is 18.4. The van der Waals surface area contributed by atoms with E-state index >= 15 is 0 Å². The monoisotopic (exact) mass is 545 g/mol. The van der Waals surface area contributed by atoms with E-state index in [2.05, 4.69) is 6.92 Å². The van der Waals surface area contributed by atoms with E-state index in [-0.39, 0.29) is 19.1 Å². The minimum atomic E-state index is -1.49. The lowest BCUT2D eigenvalue weighted by molar-refractivity contribution is -0.244. The summed E-state index contributed by atoms with van der Waals surface area (Å²) >= 11 is 0. The van der Waals surface area contributed by atoms with E-state index in [4.69, 9.17) is 4.74 Å². The van der Waals surface area contributed by atoms with Crippen LogP contribution < -0.4 is 0 Å². The fourth-order valence-corrected chi connectivity index (χ4v) is 5.43. The van der Waals surface area contributed by atoms with E-state index in [1.807, 2.05) is 6.92 Å². The van der Waals surface area contributed by atoms with Gasteiger partial charge in [-0.05, 0) is 12.8 Å². The van der Waals surface area contributed by atoms with E-state index in [0.717, 1.165) is 25.7 Å². The standard InChI is InChI=1S/C30H59NO7/c1-3-5-6-7-8-9-10-11-12-13-14-15-16-17-18-20-31(26(34)19-4-2)21-24(22-32)30-29(37)28(36)27(35)25(23-33)38-30/h24-25,27-30,32-33,35-37H,3-23H2,1-2H3/t24?,25-,27-,28+,29-,30+/m1/s1. The van der Waals surface area contributed by atoms with Gasteiger partial charge < -0.3 is 35.2 Å². The third-order valence-electron chi connectivity index (χ3n) is 7.93. The van der Waals surface area contributed by atoms with Crippen molar-refractivity contribution in [2.24, 2.45) is 5.92 Å². The van der Waals surface area contributed by atoms with Gasteiger partial charge >= 0.3 is 0 Å². The second kappa shape index (κ2) is 22.0. The Kier molecular flexibility index (Phi) is 20.4. The third-order valence-corrected chi connectivity index (χ3v) is 7.93. The van der Waals surface area contributed by atoms with Gasteiger partial charge in [-0.2, -0.15) is 0 Å². The molecule has 226 valence electrons. The first kappa shape index (κ1) is 35.3. The Labute approximate surface area is 231 Å². The molecule has 1 aliphatic heterocycles. The van der Waals surface area contributed by atoms with E-state index in [1.54, 1.807) is 4.90 Å².